The molecule has 4 atom stereocenters. The second-order valence-electron chi connectivity index (χ2n) is 4.58. The van der Waals surface area contributed by atoms with E-state index < -0.39 is 17.5 Å². The van der Waals surface area contributed by atoms with Gasteiger partial charge in [0.2, 0.25) is 0 Å². The molecule has 3 aliphatic heterocycles. The molecule has 1 spiro atoms. The lowest BCUT2D eigenvalue weighted by molar-refractivity contribution is -0.314. The highest BCUT2D eigenvalue weighted by Gasteiger charge is 2.62. The van der Waals surface area contributed by atoms with Gasteiger partial charge in [0, 0.05) is 17.8 Å². The predicted octanol–water partition coefficient (Wildman–Crippen LogP) is -1.15. The van der Waals surface area contributed by atoms with Crippen LogP contribution in [0.3, 0.4) is 0 Å². The number of ether oxygens (including phenoxy) is 2. The van der Waals surface area contributed by atoms with Crippen LogP contribution >= 0.6 is 0 Å². The lowest BCUT2D eigenvalue weighted by Crippen LogP contribution is -2.51. The Labute approximate surface area is 86.4 Å². The van der Waals surface area contributed by atoms with Crippen molar-refractivity contribution in [2.45, 2.75) is 31.0 Å². The summed E-state index contributed by atoms with van der Waals surface area (Å²) in [6.07, 6.45) is 1.39. The van der Waals surface area contributed by atoms with Crippen molar-refractivity contribution in [2.75, 3.05) is 6.61 Å². The van der Waals surface area contributed by atoms with Gasteiger partial charge in [-0.25, -0.2) is 0 Å². The number of fused-ring (bicyclic) bond motifs is 1. The number of rotatable bonds is 1. The topological polar surface area (TPSA) is 75.7 Å². The standard InChI is InChI=1S/C10H12O5/c11-7-3-5-8(9(12)13)6-1-2-10(5,15-6)4-14-7/h5-6,8H,1-4H2,(H,12,13)/p-1. The molecular weight excluding hydrogens is 200 g/mol. The van der Waals surface area contributed by atoms with Crippen LogP contribution in [0.2, 0.25) is 0 Å². The third-order valence-corrected chi connectivity index (χ3v) is 3.88. The molecule has 82 valence electrons. The molecule has 15 heavy (non-hydrogen) atoms. The minimum atomic E-state index is -1.10. The van der Waals surface area contributed by atoms with Crippen LogP contribution in [0.15, 0.2) is 0 Å². The van der Waals surface area contributed by atoms with Crippen LogP contribution in [0.1, 0.15) is 19.3 Å². The van der Waals surface area contributed by atoms with Crippen LogP contribution in [-0.2, 0) is 19.1 Å². The first-order valence-corrected chi connectivity index (χ1v) is 5.17. The van der Waals surface area contributed by atoms with E-state index in [1.807, 2.05) is 0 Å². The van der Waals surface area contributed by atoms with E-state index in [2.05, 4.69) is 0 Å². The largest absolute Gasteiger partial charge is 0.550 e. The normalized spacial score (nSPS) is 47.5. The number of carbonyl (C=O) groups is 2. The molecule has 2 bridgehead atoms. The van der Waals surface area contributed by atoms with Crippen molar-refractivity contribution in [1.29, 1.82) is 0 Å². The van der Waals surface area contributed by atoms with Gasteiger partial charge in [-0.1, -0.05) is 0 Å². The summed E-state index contributed by atoms with van der Waals surface area (Å²) < 4.78 is 10.7. The fourth-order valence-electron chi connectivity index (χ4n) is 3.20. The Morgan fingerprint density at radius 2 is 2.33 bits per heavy atom. The van der Waals surface area contributed by atoms with E-state index in [0.29, 0.717) is 0 Å². The minimum Gasteiger partial charge on any atom is -0.550 e. The quantitative estimate of drug-likeness (QED) is 0.512. The van der Waals surface area contributed by atoms with Crippen molar-refractivity contribution >= 4 is 11.9 Å². The van der Waals surface area contributed by atoms with Crippen LogP contribution in [0.25, 0.3) is 0 Å². The van der Waals surface area contributed by atoms with Gasteiger partial charge in [-0.05, 0) is 12.8 Å². The molecule has 0 N–H and O–H groups in total. The second-order valence-corrected chi connectivity index (χ2v) is 4.58. The van der Waals surface area contributed by atoms with Crippen LogP contribution in [-0.4, -0.2) is 30.3 Å². The maximum absolute atomic E-state index is 11.2. The molecule has 0 amide bonds. The molecule has 0 aromatic heterocycles. The van der Waals surface area contributed by atoms with Crippen LogP contribution in [0.4, 0.5) is 0 Å². The molecule has 3 fully saturated rings. The van der Waals surface area contributed by atoms with Crippen LogP contribution in [0, 0.1) is 11.8 Å². The zero-order valence-electron chi connectivity index (χ0n) is 8.10. The monoisotopic (exact) mass is 211 g/mol. The first-order chi connectivity index (χ1) is 7.12. The number of carboxylic acids is 1. The number of carboxylic acid groups (broad SMARTS) is 1. The predicted molar refractivity (Wildman–Crippen MR) is 44.4 cm³/mol. The molecule has 3 aliphatic rings. The van der Waals surface area contributed by atoms with Crippen LogP contribution < -0.4 is 5.11 Å². The van der Waals surface area contributed by atoms with E-state index >= 15 is 0 Å². The SMILES string of the molecule is O=C1CC2C(C(=O)[O-])C3CCC2(CO1)O3. The first kappa shape index (κ1) is 9.15. The van der Waals surface area contributed by atoms with Gasteiger partial charge in [0.05, 0.1) is 12.5 Å². The van der Waals surface area contributed by atoms with Gasteiger partial charge in [0.15, 0.2) is 0 Å². The van der Waals surface area contributed by atoms with Gasteiger partial charge in [0.1, 0.15) is 12.2 Å². The summed E-state index contributed by atoms with van der Waals surface area (Å²) in [4.78, 5) is 22.2. The van der Waals surface area contributed by atoms with Crippen molar-refractivity contribution < 1.29 is 24.2 Å². The summed E-state index contributed by atoms with van der Waals surface area (Å²) in [6.45, 7) is 0.205. The Hall–Kier alpha value is -1.10. The number of hydrogen-bond acceptors (Lipinski definition) is 5. The number of aliphatic carboxylic acids is 1. The molecule has 0 aromatic rings. The highest BCUT2D eigenvalue weighted by molar-refractivity contribution is 5.75. The highest BCUT2D eigenvalue weighted by Crippen LogP contribution is 2.54. The molecule has 0 radical (unpaired) electrons. The van der Waals surface area contributed by atoms with Crippen LogP contribution in [0.5, 0.6) is 0 Å². The highest BCUT2D eigenvalue weighted by atomic mass is 16.6. The maximum atomic E-state index is 11.2. The van der Waals surface area contributed by atoms with Gasteiger partial charge < -0.3 is 19.4 Å². The molecule has 3 saturated heterocycles. The van der Waals surface area contributed by atoms with Gasteiger partial charge in [-0.2, -0.15) is 0 Å². The Morgan fingerprint density at radius 1 is 1.53 bits per heavy atom. The Bertz CT molecular complexity index is 339. The van der Waals surface area contributed by atoms with Gasteiger partial charge in [-0.3, -0.25) is 4.79 Å². The zero-order valence-corrected chi connectivity index (χ0v) is 8.10. The maximum Gasteiger partial charge on any atom is 0.306 e. The first-order valence-electron chi connectivity index (χ1n) is 5.17. The number of cyclic esters (lactones) is 1. The number of hydrogen-bond donors (Lipinski definition) is 0. The Kier molecular flexibility index (Phi) is 1.66. The van der Waals surface area contributed by atoms with E-state index in [1.165, 1.54) is 0 Å². The third kappa shape index (κ3) is 1.07. The number of esters is 1. The summed E-state index contributed by atoms with van der Waals surface area (Å²) in [5.74, 6) is -2.30. The van der Waals surface area contributed by atoms with E-state index in [0.717, 1.165) is 12.8 Å². The fraction of sp³-hybridized carbons (Fsp3) is 0.800. The zero-order chi connectivity index (χ0) is 10.6. The summed E-state index contributed by atoms with van der Waals surface area (Å²) in [5, 5.41) is 11.0. The molecule has 4 unspecified atom stereocenters. The number of carbonyl (C=O) groups excluding carboxylic acids is 2. The lowest BCUT2D eigenvalue weighted by atomic mass is 9.69. The minimum absolute atomic E-state index is 0.148. The molecule has 3 heterocycles. The van der Waals surface area contributed by atoms with E-state index in [-0.39, 0.29) is 31.0 Å². The Morgan fingerprint density at radius 3 is 3.07 bits per heavy atom. The molecule has 5 heteroatoms. The Balaban J connectivity index is 1.95. The summed E-state index contributed by atoms with van der Waals surface area (Å²) >= 11 is 0. The van der Waals surface area contributed by atoms with Crippen molar-refractivity contribution in [3.8, 4) is 0 Å². The molecule has 5 nitrogen and oxygen atoms in total. The van der Waals surface area contributed by atoms with Crippen molar-refractivity contribution in [3.63, 3.8) is 0 Å². The van der Waals surface area contributed by atoms with Crippen molar-refractivity contribution in [2.24, 2.45) is 11.8 Å². The van der Waals surface area contributed by atoms with E-state index in [1.54, 1.807) is 0 Å². The third-order valence-electron chi connectivity index (χ3n) is 3.88. The van der Waals surface area contributed by atoms with E-state index in [9.17, 15) is 14.7 Å². The lowest BCUT2D eigenvalue weighted by Gasteiger charge is -2.39. The average molecular weight is 211 g/mol. The van der Waals surface area contributed by atoms with E-state index in [4.69, 9.17) is 9.47 Å². The summed E-state index contributed by atoms with van der Waals surface area (Å²) in [7, 11) is 0. The molecule has 0 aliphatic carbocycles. The fourth-order valence-corrected chi connectivity index (χ4v) is 3.20. The molecule has 0 aromatic carbocycles. The van der Waals surface area contributed by atoms with Crippen molar-refractivity contribution in [1.82, 2.24) is 0 Å². The smallest absolute Gasteiger partial charge is 0.306 e. The van der Waals surface area contributed by atoms with Gasteiger partial charge in [-0.15, -0.1) is 0 Å². The second kappa shape index (κ2) is 2.72. The average Bonchev–Trinajstić information content (AvgIpc) is 2.70. The summed E-state index contributed by atoms with van der Waals surface area (Å²) in [6, 6.07) is 0. The van der Waals surface area contributed by atoms with Gasteiger partial charge >= 0.3 is 5.97 Å². The molecular formula is C10H11O5-. The van der Waals surface area contributed by atoms with Crippen molar-refractivity contribution in [3.05, 3.63) is 0 Å². The summed E-state index contributed by atoms with van der Waals surface area (Å²) in [5.41, 5.74) is -0.524. The molecule has 0 saturated carbocycles. The van der Waals surface area contributed by atoms with Gasteiger partial charge in [0.25, 0.3) is 0 Å². The molecule has 3 rings (SSSR count).